The van der Waals surface area contributed by atoms with E-state index in [4.69, 9.17) is 0 Å². The van der Waals surface area contributed by atoms with Gasteiger partial charge in [-0.05, 0) is 100 Å². The summed E-state index contributed by atoms with van der Waals surface area (Å²) in [5.41, 5.74) is 7.09. The van der Waals surface area contributed by atoms with Crippen LogP contribution in [0.3, 0.4) is 0 Å². The van der Waals surface area contributed by atoms with Crippen LogP contribution >= 0.6 is 31.9 Å². The van der Waals surface area contributed by atoms with Crippen molar-refractivity contribution in [1.29, 1.82) is 0 Å². The van der Waals surface area contributed by atoms with Crippen LogP contribution in [0.2, 0.25) is 0 Å². The quantitative estimate of drug-likeness (QED) is 0.401. The Morgan fingerprint density at radius 1 is 0.583 bits per heavy atom. The maximum absolute atomic E-state index is 3.74. The Bertz CT molecular complexity index is 818. The third-order valence-corrected chi connectivity index (χ3v) is 5.25. The molecule has 0 saturated heterocycles. The molecule has 0 saturated carbocycles. The first-order valence-corrected chi connectivity index (χ1v) is 9.43. The lowest BCUT2D eigenvalue weighted by molar-refractivity contribution is 1.24. The van der Waals surface area contributed by atoms with Gasteiger partial charge in [-0.2, -0.15) is 0 Å². The van der Waals surface area contributed by atoms with Crippen LogP contribution in [0.4, 0.5) is 17.1 Å². The minimum Gasteiger partial charge on any atom is -0.308 e. The Labute approximate surface area is 160 Å². The normalized spacial score (nSPS) is 10.7. The van der Waals surface area contributed by atoms with Crippen LogP contribution in [0, 0.1) is 20.8 Å². The van der Waals surface area contributed by atoms with Gasteiger partial charge in [-0.1, -0.05) is 29.8 Å². The van der Waals surface area contributed by atoms with Crippen LogP contribution in [0.5, 0.6) is 0 Å². The van der Waals surface area contributed by atoms with E-state index in [2.05, 4.69) is 118 Å². The molecule has 3 rings (SSSR count). The minimum atomic E-state index is 1.08. The second kappa shape index (κ2) is 7.12. The first-order valence-electron chi connectivity index (χ1n) is 7.85. The molecule has 0 unspecified atom stereocenters. The second-order valence-corrected chi connectivity index (χ2v) is 7.79. The largest absolute Gasteiger partial charge is 0.308 e. The van der Waals surface area contributed by atoms with E-state index in [1.165, 1.54) is 16.7 Å². The zero-order valence-electron chi connectivity index (χ0n) is 14.0. The summed E-state index contributed by atoms with van der Waals surface area (Å²) >= 11 is 7.48. The van der Waals surface area contributed by atoms with Crippen molar-refractivity contribution in [2.75, 3.05) is 4.90 Å². The minimum absolute atomic E-state index is 1.08. The predicted octanol–water partition coefficient (Wildman–Crippen LogP) is 7.61. The standard InChI is InChI=1S/C21H19Br2N/c1-14-4-8-17(9-5-14)24(20-10-6-15(2)12-18(20)22)21-11-7-16(3)13-19(21)23/h4-13H,1-3H3. The number of anilines is 3. The van der Waals surface area contributed by atoms with E-state index < -0.39 is 0 Å². The highest BCUT2D eigenvalue weighted by Gasteiger charge is 2.17. The molecule has 3 aromatic carbocycles. The zero-order chi connectivity index (χ0) is 17.3. The van der Waals surface area contributed by atoms with Gasteiger partial charge in [-0.15, -0.1) is 0 Å². The van der Waals surface area contributed by atoms with E-state index in [-0.39, 0.29) is 0 Å². The molecule has 24 heavy (non-hydrogen) atoms. The number of hydrogen-bond acceptors (Lipinski definition) is 1. The molecule has 0 spiro atoms. The third kappa shape index (κ3) is 3.57. The Balaban J connectivity index is 2.22. The van der Waals surface area contributed by atoms with Crippen molar-refractivity contribution in [2.24, 2.45) is 0 Å². The first kappa shape index (κ1) is 17.2. The van der Waals surface area contributed by atoms with Crippen LogP contribution in [0.15, 0.2) is 69.6 Å². The average Bonchev–Trinajstić information content (AvgIpc) is 2.53. The maximum Gasteiger partial charge on any atom is 0.0604 e. The fourth-order valence-corrected chi connectivity index (χ4v) is 4.03. The molecule has 0 N–H and O–H groups in total. The fraction of sp³-hybridized carbons (Fsp3) is 0.143. The SMILES string of the molecule is Cc1ccc(N(c2ccc(C)cc2Br)c2ccc(C)cc2Br)cc1. The van der Waals surface area contributed by atoms with E-state index in [9.17, 15) is 0 Å². The molecule has 0 radical (unpaired) electrons. The van der Waals surface area contributed by atoms with Crippen molar-refractivity contribution in [3.63, 3.8) is 0 Å². The van der Waals surface area contributed by atoms with Gasteiger partial charge in [0.25, 0.3) is 0 Å². The van der Waals surface area contributed by atoms with Gasteiger partial charge in [-0.3, -0.25) is 0 Å². The van der Waals surface area contributed by atoms with Crippen molar-refractivity contribution >= 4 is 48.9 Å². The number of benzene rings is 3. The van der Waals surface area contributed by atoms with Gasteiger partial charge in [0.05, 0.1) is 11.4 Å². The summed E-state index contributed by atoms with van der Waals surface area (Å²) in [5.74, 6) is 0. The van der Waals surface area contributed by atoms with E-state index in [0.717, 1.165) is 26.0 Å². The summed E-state index contributed by atoms with van der Waals surface area (Å²) in [6.45, 7) is 6.32. The molecule has 0 heterocycles. The van der Waals surface area contributed by atoms with E-state index in [1.54, 1.807) is 0 Å². The summed E-state index contributed by atoms with van der Waals surface area (Å²) in [4.78, 5) is 2.27. The maximum atomic E-state index is 3.74. The first-order chi connectivity index (χ1) is 11.5. The van der Waals surface area contributed by atoms with E-state index >= 15 is 0 Å². The number of aryl methyl sites for hydroxylation is 3. The smallest absolute Gasteiger partial charge is 0.0604 e. The third-order valence-electron chi connectivity index (χ3n) is 3.98. The molecule has 0 fully saturated rings. The molecule has 3 heteroatoms. The van der Waals surface area contributed by atoms with E-state index in [1.807, 2.05) is 0 Å². The second-order valence-electron chi connectivity index (χ2n) is 6.08. The molecule has 122 valence electrons. The molecule has 0 aromatic heterocycles. The summed E-state index contributed by atoms with van der Waals surface area (Å²) in [5, 5.41) is 0. The van der Waals surface area contributed by atoms with Gasteiger partial charge in [0.2, 0.25) is 0 Å². The lowest BCUT2D eigenvalue weighted by Gasteiger charge is -2.28. The highest BCUT2D eigenvalue weighted by atomic mass is 79.9. The molecular formula is C21H19Br2N. The van der Waals surface area contributed by atoms with Crippen LogP contribution in [-0.2, 0) is 0 Å². The molecule has 0 bridgehead atoms. The molecule has 3 aromatic rings. The zero-order valence-corrected chi connectivity index (χ0v) is 17.1. The van der Waals surface area contributed by atoms with Gasteiger partial charge >= 0.3 is 0 Å². The molecule has 1 nitrogen and oxygen atoms in total. The average molecular weight is 445 g/mol. The van der Waals surface area contributed by atoms with E-state index in [0.29, 0.717) is 0 Å². The van der Waals surface area contributed by atoms with Gasteiger partial charge in [0.15, 0.2) is 0 Å². The lowest BCUT2D eigenvalue weighted by Crippen LogP contribution is -2.11. The topological polar surface area (TPSA) is 3.24 Å². The highest BCUT2D eigenvalue weighted by molar-refractivity contribution is 9.11. The van der Waals surface area contributed by atoms with Gasteiger partial charge < -0.3 is 4.90 Å². The summed E-state index contributed by atoms with van der Waals surface area (Å²) in [6, 6.07) is 21.5. The van der Waals surface area contributed by atoms with Crippen molar-refractivity contribution in [3.8, 4) is 0 Å². The van der Waals surface area contributed by atoms with Gasteiger partial charge in [-0.25, -0.2) is 0 Å². The van der Waals surface area contributed by atoms with Gasteiger partial charge in [0, 0.05) is 14.6 Å². The number of hydrogen-bond donors (Lipinski definition) is 0. The fourth-order valence-electron chi connectivity index (χ4n) is 2.69. The Kier molecular flexibility index (Phi) is 5.12. The lowest BCUT2D eigenvalue weighted by atomic mass is 10.1. The summed E-state index contributed by atoms with van der Waals surface area (Å²) in [7, 11) is 0. The van der Waals surface area contributed by atoms with Crippen LogP contribution in [0.25, 0.3) is 0 Å². The van der Waals surface area contributed by atoms with Gasteiger partial charge in [0.1, 0.15) is 0 Å². The van der Waals surface area contributed by atoms with Crippen molar-refractivity contribution < 1.29 is 0 Å². The molecule has 0 aliphatic rings. The van der Waals surface area contributed by atoms with Crippen LogP contribution < -0.4 is 4.90 Å². The molecular weight excluding hydrogens is 426 g/mol. The molecule has 0 atom stereocenters. The number of nitrogens with zero attached hydrogens (tertiary/aromatic N) is 1. The molecule has 0 aliphatic heterocycles. The molecule has 0 aliphatic carbocycles. The predicted molar refractivity (Wildman–Crippen MR) is 111 cm³/mol. The van der Waals surface area contributed by atoms with Crippen molar-refractivity contribution in [3.05, 3.63) is 86.3 Å². The highest BCUT2D eigenvalue weighted by Crippen LogP contribution is 2.42. The van der Waals surface area contributed by atoms with Crippen molar-refractivity contribution in [1.82, 2.24) is 0 Å². The molecule has 0 amide bonds. The Hall–Kier alpha value is -1.58. The Morgan fingerprint density at radius 2 is 1.00 bits per heavy atom. The van der Waals surface area contributed by atoms with Crippen molar-refractivity contribution in [2.45, 2.75) is 20.8 Å². The Morgan fingerprint density at radius 3 is 1.42 bits per heavy atom. The number of halogens is 2. The summed E-state index contributed by atoms with van der Waals surface area (Å²) < 4.78 is 2.16. The van der Waals surface area contributed by atoms with Crippen LogP contribution in [-0.4, -0.2) is 0 Å². The monoisotopic (exact) mass is 443 g/mol. The number of rotatable bonds is 3. The van der Waals surface area contributed by atoms with Crippen LogP contribution in [0.1, 0.15) is 16.7 Å². The summed E-state index contributed by atoms with van der Waals surface area (Å²) in [6.07, 6.45) is 0.